The van der Waals surface area contributed by atoms with Crippen LogP contribution in [0.4, 0.5) is 0 Å². The van der Waals surface area contributed by atoms with Gasteiger partial charge < -0.3 is 9.80 Å². The molecule has 1 saturated heterocycles. The van der Waals surface area contributed by atoms with Crippen molar-refractivity contribution in [2.45, 2.75) is 53.1 Å². The van der Waals surface area contributed by atoms with E-state index in [1.165, 1.54) is 38.2 Å². The first kappa shape index (κ1) is 16.5. The van der Waals surface area contributed by atoms with E-state index in [0.29, 0.717) is 6.04 Å². The van der Waals surface area contributed by atoms with Crippen molar-refractivity contribution >= 4 is 0 Å². The molecule has 4 heteroatoms. The van der Waals surface area contributed by atoms with Crippen molar-refractivity contribution in [1.82, 2.24) is 19.6 Å². The molecule has 2 rings (SSSR count). The minimum atomic E-state index is 0.700. The van der Waals surface area contributed by atoms with Gasteiger partial charge in [0.15, 0.2) is 0 Å². The van der Waals surface area contributed by atoms with E-state index in [0.717, 1.165) is 24.7 Å². The molecule has 0 amide bonds. The highest BCUT2D eigenvalue weighted by atomic mass is 15.3. The van der Waals surface area contributed by atoms with E-state index in [2.05, 4.69) is 60.4 Å². The predicted molar refractivity (Wildman–Crippen MR) is 88.6 cm³/mol. The van der Waals surface area contributed by atoms with Gasteiger partial charge in [-0.15, -0.1) is 0 Å². The highest BCUT2D eigenvalue weighted by Crippen LogP contribution is 2.19. The van der Waals surface area contributed by atoms with Gasteiger partial charge in [-0.05, 0) is 72.7 Å². The Morgan fingerprint density at radius 2 is 2.14 bits per heavy atom. The van der Waals surface area contributed by atoms with Gasteiger partial charge in [0.05, 0.1) is 5.69 Å². The lowest BCUT2D eigenvalue weighted by molar-refractivity contribution is 0.235. The van der Waals surface area contributed by atoms with Crippen molar-refractivity contribution in [2.75, 3.05) is 33.2 Å². The molecule has 0 saturated carbocycles. The second-order valence-electron chi connectivity index (χ2n) is 7.01. The number of likely N-dealkylation sites (tertiary alicyclic amines) is 1. The largest absolute Gasteiger partial charge is 0.306 e. The molecule has 0 aliphatic carbocycles. The van der Waals surface area contributed by atoms with Crippen LogP contribution in [0.5, 0.6) is 0 Å². The van der Waals surface area contributed by atoms with Crippen molar-refractivity contribution < 1.29 is 0 Å². The highest BCUT2D eigenvalue weighted by molar-refractivity contribution is 5.06. The maximum absolute atomic E-state index is 4.53. The number of hydrogen-bond acceptors (Lipinski definition) is 3. The lowest BCUT2D eigenvalue weighted by Crippen LogP contribution is -2.32. The average Bonchev–Trinajstić information content (AvgIpc) is 2.97. The zero-order chi connectivity index (χ0) is 15.4. The average molecular weight is 292 g/mol. The Morgan fingerprint density at radius 1 is 1.38 bits per heavy atom. The molecule has 0 unspecified atom stereocenters. The van der Waals surface area contributed by atoms with E-state index >= 15 is 0 Å². The van der Waals surface area contributed by atoms with Crippen LogP contribution in [-0.4, -0.2) is 58.8 Å². The molecule has 4 nitrogen and oxygen atoms in total. The number of nitrogens with zero attached hydrogens (tertiary/aromatic N) is 4. The molecule has 0 N–H and O–H groups in total. The quantitative estimate of drug-likeness (QED) is 0.772. The van der Waals surface area contributed by atoms with E-state index in [4.69, 9.17) is 0 Å². The van der Waals surface area contributed by atoms with Crippen LogP contribution in [0.25, 0.3) is 0 Å². The fourth-order valence-corrected chi connectivity index (χ4v) is 3.40. The Balaban J connectivity index is 1.66. The Morgan fingerprint density at radius 3 is 2.71 bits per heavy atom. The Kier molecular flexibility index (Phi) is 5.82. The number of aryl methyl sites for hydroxylation is 3. The van der Waals surface area contributed by atoms with Crippen LogP contribution < -0.4 is 0 Å². The predicted octanol–water partition coefficient (Wildman–Crippen LogP) is 2.55. The van der Waals surface area contributed by atoms with Gasteiger partial charge in [0.2, 0.25) is 0 Å². The summed E-state index contributed by atoms with van der Waals surface area (Å²) < 4.78 is 2.14. The maximum atomic E-state index is 4.53. The fraction of sp³-hybridized carbons (Fsp3) is 0.824. The second kappa shape index (κ2) is 7.41. The zero-order valence-corrected chi connectivity index (χ0v) is 14.5. The van der Waals surface area contributed by atoms with Crippen LogP contribution in [0, 0.1) is 19.8 Å². The molecule has 0 radical (unpaired) electrons. The molecular formula is C17H32N4. The van der Waals surface area contributed by atoms with Crippen LogP contribution in [0.15, 0.2) is 6.07 Å². The molecule has 120 valence electrons. The lowest BCUT2D eigenvalue weighted by Gasteiger charge is -2.23. The summed E-state index contributed by atoms with van der Waals surface area (Å²) in [6.07, 6.45) is 2.54. The van der Waals surface area contributed by atoms with Crippen LogP contribution >= 0.6 is 0 Å². The topological polar surface area (TPSA) is 24.3 Å². The first-order valence-corrected chi connectivity index (χ1v) is 8.39. The van der Waals surface area contributed by atoms with E-state index in [9.17, 15) is 0 Å². The smallest absolute Gasteiger partial charge is 0.0596 e. The standard InChI is InChI=1S/C17H32N4/c1-14(2)20-10-7-17(13-20)12-19(5)8-6-9-21-16(4)11-15(3)18-21/h11,14,17H,6-10,12-13H2,1-5H3/t17-/m1/s1. The minimum absolute atomic E-state index is 0.700. The fourth-order valence-electron chi connectivity index (χ4n) is 3.40. The summed E-state index contributed by atoms with van der Waals surface area (Å²) in [6, 6.07) is 2.86. The summed E-state index contributed by atoms with van der Waals surface area (Å²) in [5.41, 5.74) is 2.40. The maximum Gasteiger partial charge on any atom is 0.0596 e. The van der Waals surface area contributed by atoms with Gasteiger partial charge in [-0.1, -0.05) is 0 Å². The summed E-state index contributed by atoms with van der Waals surface area (Å²) in [4.78, 5) is 5.11. The van der Waals surface area contributed by atoms with Gasteiger partial charge >= 0.3 is 0 Å². The van der Waals surface area contributed by atoms with Gasteiger partial charge in [-0.3, -0.25) is 4.68 Å². The van der Waals surface area contributed by atoms with Crippen LogP contribution in [0.1, 0.15) is 38.1 Å². The molecule has 1 aromatic heterocycles. The Labute approximate surface area is 130 Å². The molecular weight excluding hydrogens is 260 g/mol. The molecule has 1 aliphatic rings. The van der Waals surface area contributed by atoms with Gasteiger partial charge in [0.1, 0.15) is 0 Å². The van der Waals surface area contributed by atoms with Gasteiger partial charge in [0.25, 0.3) is 0 Å². The molecule has 21 heavy (non-hydrogen) atoms. The molecule has 0 bridgehead atoms. The van der Waals surface area contributed by atoms with Gasteiger partial charge in [-0.2, -0.15) is 5.10 Å². The van der Waals surface area contributed by atoms with E-state index < -0.39 is 0 Å². The van der Waals surface area contributed by atoms with E-state index in [1.807, 2.05) is 0 Å². The van der Waals surface area contributed by atoms with Crippen LogP contribution in [-0.2, 0) is 6.54 Å². The lowest BCUT2D eigenvalue weighted by atomic mass is 10.1. The molecule has 0 aromatic carbocycles. The van der Waals surface area contributed by atoms with Crippen molar-refractivity contribution in [3.63, 3.8) is 0 Å². The molecule has 0 spiro atoms. The summed E-state index contributed by atoms with van der Waals surface area (Å²) in [7, 11) is 2.26. The molecule has 1 atom stereocenters. The third-order valence-electron chi connectivity index (χ3n) is 4.63. The summed E-state index contributed by atoms with van der Waals surface area (Å²) in [6.45, 7) is 14.8. The molecule has 2 heterocycles. The van der Waals surface area contributed by atoms with Crippen molar-refractivity contribution in [3.05, 3.63) is 17.5 Å². The monoisotopic (exact) mass is 292 g/mol. The van der Waals surface area contributed by atoms with Crippen molar-refractivity contribution in [3.8, 4) is 0 Å². The van der Waals surface area contributed by atoms with Crippen molar-refractivity contribution in [1.29, 1.82) is 0 Å². The first-order valence-electron chi connectivity index (χ1n) is 8.39. The summed E-state index contributed by atoms with van der Waals surface area (Å²) in [5.74, 6) is 0.853. The highest BCUT2D eigenvalue weighted by Gasteiger charge is 2.24. The SMILES string of the molecule is Cc1cc(C)n(CCCN(C)C[C@H]2CCN(C(C)C)C2)n1. The Hall–Kier alpha value is -0.870. The second-order valence-corrected chi connectivity index (χ2v) is 7.01. The Bertz CT molecular complexity index is 438. The number of hydrogen-bond donors (Lipinski definition) is 0. The number of aromatic nitrogens is 2. The first-order chi connectivity index (χ1) is 9.95. The normalized spacial score (nSPS) is 20.0. The van der Waals surface area contributed by atoms with Crippen LogP contribution in [0.2, 0.25) is 0 Å². The zero-order valence-electron chi connectivity index (χ0n) is 14.5. The third-order valence-corrected chi connectivity index (χ3v) is 4.63. The summed E-state index contributed by atoms with van der Waals surface area (Å²) in [5, 5.41) is 4.53. The van der Waals surface area contributed by atoms with Crippen molar-refractivity contribution in [2.24, 2.45) is 5.92 Å². The van der Waals surface area contributed by atoms with E-state index in [1.54, 1.807) is 0 Å². The van der Waals surface area contributed by atoms with Gasteiger partial charge in [0, 0.05) is 31.4 Å². The summed E-state index contributed by atoms with van der Waals surface area (Å²) >= 11 is 0. The molecule has 1 aliphatic heterocycles. The van der Waals surface area contributed by atoms with Crippen LogP contribution in [0.3, 0.4) is 0 Å². The number of rotatable bonds is 7. The molecule has 1 fully saturated rings. The molecule has 1 aromatic rings. The minimum Gasteiger partial charge on any atom is -0.306 e. The van der Waals surface area contributed by atoms with E-state index in [-0.39, 0.29) is 0 Å². The van der Waals surface area contributed by atoms with Gasteiger partial charge in [-0.25, -0.2) is 0 Å². The third kappa shape index (κ3) is 4.82.